The number of hydrogen-bond donors (Lipinski definition) is 0. The van der Waals surface area contributed by atoms with Gasteiger partial charge in [-0.05, 0) is 18.2 Å². The molecule has 2 aromatic rings. The van der Waals surface area contributed by atoms with Crippen LogP contribution in [-0.4, -0.2) is 19.6 Å². The highest BCUT2D eigenvalue weighted by Gasteiger charge is 2.26. The second kappa shape index (κ2) is 5.58. The zero-order chi connectivity index (χ0) is 15.8. The van der Waals surface area contributed by atoms with E-state index in [1.807, 2.05) is 0 Å². The zero-order valence-corrected chi connectivity index (χ0v) is 12.8. The Hall–Kier alpha value is -1.71. The van der Waals surface area contributed by atoms with Crippen LogP contribution in [0.3, 0.4) is 0 Å². The van der Waals surface area contributed by atoms with Gasteiger partial charge in [0.05, 0.1) is 9.95 Å². The van der Waals surface area contributed by atoms with Gasteiger partial charge in [-0.25, -0.2) is 12.8 Å². The lowest BCUT2D eigenvalue weighted by atomic mass is 10.3. The van der Waals surface area contributed by atoms with Crippen LogP contribution in [0.25, 0.3) is 0 Å². The van der Waals surface area contributed by atoms with Crippen molar-refractivity contribution in [3.05, 3.63) is 45.2 Å². The zero-order valence-electron chi connectivity index (χ0n) is 10.4. The third kappa shape index (κ3) is 3.49. The van der Waals surface area contributed by atoms with Crippen LogP contribution in [0.2, 0.25) is 5.02 Å². The molecule has 1 aromatic carbocycles. The summed E-state index contributed by atoms with van der Waals surface area (Å²) in [6.07, 6.45) is 0.928. The van der Waals surface area contributed by atoms with E-state index in [-0.39, 0.29) is 20.0 Å². The Bertz CT molecular complexity index is 818. The lowest BCUT2D eigenvalue weighted by Crippen LogP contribution is -1.92. The Morgan fingerprint density at radius 1 is 1.38 bits per heavy atom. The molecule has 2 rings (SSSR count). The molecule has 0 atom stereocenters. The highest BCUT2D eigenvalue weighted by molar-refractivity contribution is 7.92. The summed E-state index contributed by atoms with van der Waals surface area (Å²) >= 11 is 6.36. The van der Waals surface area contributed by atoms with Gasteiger partial charge < -0.3 is 4.74 Å². The molecule has 1 heterocycles. The van der Waals surface area contributed by atoms with Crippen LogP contribution in [0.4, 0.5) is 10.1 Å². The first-order valence-corrected chi connectivity index (χ1v) is 8.38. The van der Waals surface area contributed by atoms with Gasteiger partial charge in [0.15, 0.2) is 9.84 Å². The third-order valence-electron chi connectivity index (χ3n) is 2.32. The molecule has 0 bridgehead atoms. The standard InChI is InChI=1S/C11H7ClFNO5S2/c1-21(17,18)10-5-8(14(15)16)11(20-10)19-9-3-2-6(13)4-7(9)12/h2-5H,1H3. The van der Waals surface area contributed by atoms with Crippen molar-refractivity contribution in [2.24, 2.45) is 0 Å². The fourth-order valence-corrected chi connectivity index (χ4v) is 3.47. The highest BCUT2D eigenvalue weighted by atomic mass is 35.5. The van der Waals surface area contributed by atoms with Crippen molar-refractivity contribution in [1.82, 2.24) is 0 Å². The number of thiophene rings is 1. The van der Waals surface area contributed by atoms with Gasteiger partial charge in [-0.15, -0.1) is 0 Å². The molecular weight excluding hydrogens is 345 g/mol. The smallest absolute Gasteiger partial charge is 0.324 e. The third-order valence-corrected chi connectivity index (χ3v) is 5.42. The minimum atomic E-state index is -3.61. The van der Waals surface area contributed by atoms with E-state index in [2.05, 4.69) is 0 Å². The van der Waals surface area contributed by atoms with Crippen molar-refractivity contribution in [3.63, 3.8) is 0 Å². The number of sulfone groups is 1. The van der Waals surface area contributed by atoms with Crippen LogP contribution < -0.4 is 4.74 Å². The summed E-state index contributed by atoms with van der Waals surface area (Å²) in [7, 11) is -3.61. The van der Waals surface area contributed by atoms with Crippen LogP contribution in [-0.2, 0) is 9.84 Å². The van der Waals surface area contributed by atoms with E-state index in [1.54, 1.807) is 0 Å². The number of benzene rings is 1. The van der Waals surface area contributed by atoms with Gasteiger partial charge in [0.25, 0.3) is 5.06 Å². The average molecular weight is 352 g/mol. The van der Waals surface area contributed by atoms with Crippen LogP contribution >= 0.6 is 22.9 Å². The van der Waals surface area contributed by atoms with Gasteiger partial charge in [-0.3, -0.25) is 10.1 Å². The second-order valence-corrected chi connectivity index (χ2v) is 7.61. The van der Waals surface area contributed by atoms with E-state index in [9.17, 15) is 22.9 Å². The minimum absolute atomic E-state index is 0.0110. The van der Waals surface area contributed by atoms with Crippen LogP contribution in [0.5, 0.6) is 10.8 Å². The molecule has 112 valence electrons. The molecule has 0 fully saturated rings. The first-order chi connectivity index (χ1) is 9.68. The fraction of sp³-hybridized carbons (Fsp3) is 0.0909. The Morgan fingerprint density at radius 2 is 2.05 bits per heavy atom. The molecule has 0 unspecified atom stereocenters. The van der Waals surface area contributed by atoms with Gasteiger partial charge in [0.1, 0.15) is 15.8 Å². The normalized spacial score (nSPS) is 11.4. The predicted molar refractivity (Wildman–Crippen MR) is 75.6 cm³/mol. The number of nitro groups is 1. The van der Waals surface area contributed by atoms with Gasteiger partial charge >= 0.3 is 5.69 Å². The second-order valence-electron chi connectivity index (χ2n) is 3.94. The summed E-state index contributed by atoms with van der Waals surface area (Å²) < 4.78 is 40.9. The largest absolute Gasteiger partial charge is 0.438 e. The van der Waals surface area contributed by atoms with Crippen molar-refractivity contribution >= 4 is 38.5 Å². The number of rotatable bonds is 4. The van der Waals surface area contributed by atoms with E-state index >= 15 is 0 Å². The topological polar surface area (TPSA) is 86.5 Å². The quantitative estimate of drug-likeness (QED) is 0.620. The minimum Gasteiger partial charge on any atom is -0.438 e. The monoisotopic (exact) mass is 351 g/mol. The maximum Gasteiger partial charge on any atom is 0.324 e. The van der Waals surface area contributed by atoms with E-state index in [0.717, 1.165) is 24.5 Å². The maximum atomic E-state index is 12.9. The molecule has 0 saturated carbocycles. The number of halogens is 2. The molecule has 0 aliphatic heterocycles. The van der Waals surface area contributed by atoms with Crippen molar-refractivity contribution < 1.29 is 22.5 Å². The Kier molecular flexibility index (Phi) is 4.17. The van der Waals surface area contributed by atoms with E-state index in [1.165, 1.54) is 6.07 Å². The van der Waals surface area contributed by atoms with E-state index in [4.69, 9.17) is 16.3 Å². The van der Waals surface area contributed by atoms with Crippen LogP contribution in [0.15, 0.2) is 28.5 Å². The van der Waals surface area contributed by atoms with Crippen molar-refractivity contribution in [1.29, 1.82) is 0 Å². The maximum absolute atomic E-state index is 12.9. The summed E-state index contributed by atoms with van der Waals surface area (Å²) in [6, 6.07) is 4.15. The lowest BCUT2D eigenvalue weighted by molar-refractivity contribution is -0.385. The molecule has 0 radical (unpaired) electrons. The molecule has 21 heavy (non-hydrogen) atoms. The first-order valence-electron chi connectivity index (χ1n) is 5.29. The summed E-state index contributed by atoms with van der Waals surface area (Å²) in [4.78, 5) is 10.2. The van der Waals surface area contributed by atoms with Crippen LogP contribution in [0, 0.1) is 15.9 Å². The fourth-order valence-electron chi connectivity index (χ4n) is 1.38. The Labute approximate surface area is 127 Å². The molecular formula is C11H7ClFNO5S2. The molecule has 1 aromatic heterocycles. The van der Waals surface area contributed by atoms with E-state index < -0.39 is 26.3 Å². The summed E-state index contributed by atoms with van der Waals surface area (Å²) in [5.74, 6) is -0.604. The first kappa shape index (κ1) is 15.7. The lowest BCUT2D eigenvalue weighted by Gasteiger charge is -2.04. The SMILES string of the molecule is CS(=O)(=O)c1cc([N+](=O)[O-])c(Oc2ccc(F)cc2Cl)s1. The summed E-state index contributed by atoms with van der Waals surface area (Å²) in [6.45, 7) is 0. The van der Waals surface area contributed by atoms with Crippen LogP contribution in [0.1, 0.15) is 0 Å². The van der Waals surface area contributed by atoms with Crippen molar-refractivity contribution in [2.75, 3.05) is 6.26 Å². The summed E-state index contributed by atoms with van der Waals surface area (Å²) in [5, 5.41) is 10.6. The highest BCUT2D eigenvalue weighted by Crippen LogP contribution is 2.43. The molecule has 0 aliphatic rings. The van der Waals surface area contributed by atoms with Gasteiger partial charge in [-0.2, -0.15) is 0 Å². The molecule has 0 amide bonds. The average Bonchev–Trinajstić information content (AvgIpc) is 2.76. The Balaban J connectivity index is 2.48. The molecule has 10 heteroatoms. The Morgan fingerprint density at radius 3 is 2.57 bits per heavy atom. The number of ether oxygens (including phenoxy) is 1. The molecule has 6 nitrogen and oxygen atoms in total. The van der Waals surface area contributed by atoms with Crippen molar-refractivity contribution in [2.45, 2.75) is 4.21 Å². The number of hydrogen-bond acceptors (Lipinski definition) is 6. The van der Waals surface area contributed by atoms with E-state index in [0.29, 0.717) is 11.3 Å². The summed E-state index contributed by atoms with van der Waals surface area (Å²) in [5.41, 5.74) is -0.499. The van der Waals surface area contributed by atoms with Gasteiger partial charge in [-0.1, -0.05) is 22.9 Å². The predicted octanol–water partition coefficient (Wildman–Crippen LogP) is 3.64. The molecule has 0 N–H and O–H groups in total. The van der Waals surface area contributed by atoms with Gasteiger partial charge in [0.2, 0.25) is 0 Å². The van der Waals surface area contributed by atoms with Gasteiger partial charge in [0, 0.05) is 12.3 Å². The molecule has 0 aliphatic carbocycles. The molecule has 0 saturated heterocycles. The number of nitrogens with zero attached hydrogens (tertiary/aromatic N) is 1. The van der Waals surface area contributed by atoms with Crippen molar-refractivity contribution in [3.8, 4) is 10.8 Å². The molecule has 0 spiro atoms.